The Bertz CT molecular complexity index is 353. The molecule has 5 nitrogen and oxygen atoms in total. The Balaban J connectivity index is 1.87. The molecular weight excluding hydrogens is 214 g/mol. The summed E-state index contributed by atoms with van der Waals surface area (Å²) in [7, 11) is -0.682. The molecule has 0 atom stereocenters. The van der Waals surface area contributed by atoms with Crippen molar-refractivity contribution in [3.63, 3.8) is 0 Å². The van der Waals surface area contributed by atoms with E-state index in [9.17, 15) is 9.00 Å². The number of hydrogen-bond acceptors (Lipinski definition) is 3. The molecule has 0 radical (unpaired) electrons. The van der Waals surface area contributed by atoms with Crippen LogP contribution in [-0.4, -0.2) is 37.9 Å². The summed E-state index contributed by atoms with van der Waals surface area (Å²) in [5.74, 6) is 1.27. The van der Waals surface area contributed by atoms with Gasteiger partial charge in [-0.25, -0.2) is 0 Å². The molecule has 0 saturated carbocycles. The monoisotopic (exact) mass is 227 g/mol. The van der Waals surface area contributed by atoms with E-state index in [1.165, 1.54) is 6.20 Å². The maximum absolute atomic E-state index is 11.6. The lowest BCUT2D eigenvalue weighted by atomic mass is 10.1. The second-order valence-electron chi connectivity index (χ2n) is 3.58. The fourth-order valence-electron chi connectivity index (χ4n) is 1.58. The average molecular weight is 227 g/mol. The van der Waals surface area contributed by atoms with E-state index < -0.39 is 10.8 Å². The molecule has 1 saturated heterocycles. The summed E-state index contributed by atoms with van der Waals surface area (Å²) in [5.41, 5.74) is 0.543. The number of H-pyrrole nitrogens is 1. The highest BCUT2D eigenvalue weighted by atomic mass is 32.2. The van der Waals surface area contributed by atoms with E-state index in [0.717, 1.165) is 12.8 Å². The molecule has 1 aromatic heterocycles. The Morgan fingerprint density at radius 1 is 1.53 bits per heavy atom. The maximum atomic E-state index is 11.6. The predicted octanol–water partition coefficient (Wildman–Crippen LogP) is 0.0506. The van der Waals surface area contributed by atoms with Crippen molar-refractivity contribution < 1.29 is 9.00 Å². The molecule has 0 aromatic carbocycles. The van der Waals surface area contributed by atoms with Crippen LogP contribution >= 0.6 is 0 Å². The molecule has 0 unspecified atom stereocenters. The second kappa shape index (κ2) is 4.57. The smallest absolute Gasteiger partial charge is 0.254 e. The summed E-state index contributed by atoms with van der Waals surface area (Å²) < 4.78 is 11.1. The number of carbonyl (C=O) groups excluding carboxylic acids is 1. The van der Waals surface area contributed by atoms with Crippen molar-refractivity contribution in [2.75, 3.05) is 11.5 Å². The lowest BCUT2D eigenvalue weighted by molar-refractivity contribution is 0.0934. The first-order valence-electron chi connectivity index (χ1n) is 4.90. The second-order valence-corrected chi connectivity index (χ2v) is 5.28. The third kappa shape index (κ3) is 2.65. The number of aromatic amines is 1. The van der Waals surface area contributed by atoms with Crippen LogP contribution in [0.3, 0.4) is 0 Å². The summed E-state index contributed by atoms with van der Waals surface area (Å²) in [5, 5.41) is 9.22. The van der Waals surface area contributed by atoms with Gasteiger partial charge in [-0.05, 0) is 12.8 Å². The summed E-state index contributed by atoms with van der Waals surface area (Å²) in [6.07, 6.45) is 4.67. The van der Waals surface area contributed by atoms with Crippen LogP contribution in [0.15, 0.2) is 12.4 Å². The highest BCUT2D eigenvalue weighted by Crippen LogP contribution is 2.09. The third-order valence-corrected chi connectivity index (χ3v) is 3.87. The van der Waals surface area contributed by atoms with Gasteiger partial charge in [0, 0.05) is 34.5 Å². The molecule has 1 aliphatic heterocycles. The number of aromatic nitrogens is 2. The molecule has 0 aliphatic carbocycles. The Morgan fingerprint density at radius 3 is 2.87 bits per heavy atom. The minimum atomic E-state index is -0.682. The zero-order chi connectivity index (χ0) is 10.7. The van der Waals surface area contributed by atoms with Gasteiger partial charge < -0.3 is 5.32 Å². The van der Waals surface area contributed by atoms with Gasteiger partial charge in [-0.2, -0.15) is 5.10 Å². The van der Waals surface area contributed by atoms with Gasteiger partial charge >= 0.3 is 0 Å². The minimum absolute atomic E-state index is 0.110. The molecule has 1 aromatic rings. The zero-order valence-corrected chi connectivity index (χ0v) is 9.05. The molecule has 2 rings (SSSR count). The van der Waals surface area contributed by atoms with Crippen molar-refractivity contribution in [3.05, 3.63) is 18.0 Å². The zero-order valence-electron chi connectivity index (χ0n) is 8.23. The number of nitrogens with one attached hydrogen (secondary N) is 2. The van der Waals surface area contributed by atoms with Crippen molar-refractivity contribution in [3.8, 4) is 0 Å². The van der Waals surface area contributed by atoms with Crippen LogP contribution in [0.1, 0.15) is 23.2 Å². The Hall–Kier alpha value is -1.17. The molecular formula is C9H13N3O2S. The van der Waals surface area contributed by atoms with Crippen LogP contribution in [0.5, 0.6) is 0 Å². The number of carbonyl (C=O) groups is 1. The maximum Gasteiger partial charge on any atom is 0.254 e. The van der Waals surface area contributed by atoms with E-state index in [0.29, 0.717) is 17.1 Å². The Kier molecular flexibility index (Phi) is 3.15. The van der Waals surface area contributed by atoms with Gasteiger partial charge in [-0.15, -0.1) is 0 Å². The molecule has 6 heteroatoms. The minimum Gasteiger partial charge on any atom is -0.349 e. The lowest BCUT2D eigenvalue weighted by Gasteiger charge is -2.22. The van der Waals surface area contributed by atoms with E-state index >= 15 is 0 Å². The van der Waals surface area contributed by atoms with Gasteiger partial charge in [-0.3, -0.25) is 14.1 Å². The first-order chi connectivity index (χ1) is 7.25. The van der Waals surface area contributed by atoms with Crippen LogP contribution in [0.2, 0.25) is 0 Å². The Morgan fingerprint density at radius 2 is 2.27 bits per heavy atom. The molecule has 2 N–H and O–H groups in total. The van der Waals surface area contributed by atoms with Crippen LogP contribution in [0.4, 0.5) is 0 Å². The number of hydrogen-bond donors (Lipinski definition) is 2. The van der Waals surface area contributed by atoms with E-state index in [1.54, 1.807) is 6.20 Å². The largest absolute Gasteiger partial charge is 0.349 e. The number of rotatable bonds is 2. The summed E-state index contributed by atoms with van der Waals surface area (Å²) >= 11 is 0. The molecule has 1 aliphatic rings. The van der Waals surface area contributed by atoms with Crippen molar-refractivity contribution in [2.24, 2.45) is 0 Å². The number of amides is 1. The topological polar surface area (TPSA) is 74.8 Å². The summed E-state index contributed by atoms with van der Waals surface area (Å²) in [4.78, 5) is 11.6. The summed E-state index contributed by atoms with van der Waals surface area (Å²) in [6, 6.07) is 0.157. The highest BCUT2D eigenvalue weighted by molar-refractivity contribution is 7.85. The SMILES string of the molecule is O=C(NC1CCS(=O)CC1)c1cn[nH]c1. The quantitative estimate of drug-likeness (QED) is 0.749. The fraction of sp³-hybridized carbons (Fsp3) is 0.556. The molecule has 0 bridgehead atoms. The number of nitrogens with zero attached hydrogens (tertiary/aromatic N) is 1. The van der Waals surface area contributed by atoms with Crippen LogP contribution < -0.4 is 5.32 Å². The van der Waals surface area contributed by atoms with Crippen molar-refractivity contribution in [1.82, 2.24) is 15.5 Å². The van der Waals surface area contributed by atoms with Gasteiger partial charge in [0.1, 0.15) is 0 Å². The third-order valence-electron chi connectivity index (χ3n) is 2.48. The van der Waals surface area contributed by atoms with Gasteiger partial charge in [0.15, 0.2) is 0 Å². The molecule has 0 spiro atoms. The standard InChI is InChI=1S/C9H13N3O2S/c13-9(7-5-10-11-6-7)12-8-1-3-15(14)4-2-8/h5-6,8H,1-4H2,(H,10,11)(H,12,13). The predicted molar refractivity (Wildman–Crippen MR) is 57.0 cm³/mol. The van der Waals surface area contributed by atoms with E-state index in [-0.39, 0.29) is 11.9 Å². The first-order valence-corrected chi connectivity index (χ1v) is 6.39. The van der Waals surface area contributed by atoms with Crippen LogP contribution in [-0.2, 0) is 10.8 Å². The van der Waals surface area contributed by atoms with E-state index in [4.69, 9.17) is 0 Å². The molecule has 1 amide bonds. The van der Waals surface area contributed by atoms with Crippen molar-refractivity contribution in [2.45, 2.75) is 18.9 Å². The molecule has 2 heterocycles. The fourth-order valence-corrected chi connectivity index (χ4v) is 2.88. The van der Waals surface area contributed by atoms with Crippen molar-refractivity contribution >= 4 is 16.7 Å². The first kappa shape index (κ1) is 10.4. The highest BCUT2D eigenvalue weighted by Gasteiger charge is 2.20. The molecule has 15 heavy (non-hydrogen) atoms. The van der Waals surface area contributed by atoms with Gasteiger partial charge in [0.05, 0.1) is 11.8 Å². The normalized spacial score (nSPS) is 26.1. The molecule has 1 fully saturated rings. The van der Waals surface area contributed by atoms with Gasteiger partial charge in [0.25, 0.3) is 5.91 Å². The van der Waals surface area contributed by atoms with Crippen molar-refractivity contribution in [1.29, 1.82) is 0 Å². The van der Waals surface area contributed by atoms with E-state index in [2.05, 4.69) is 15.5 Å². The van der Waals surface area contributed by atoms with Gasteiger partial charge in [0.2, 0.25) is 0 Å². The summed E-state index contributed by atoms with van der Waals surface area (Å²) in [6.45, 7) is 0. The van der Waals surface area contributed by atoms with Gasteiger partial charge in [-0.1, -0.05) is 0 Å². The lowest BCUT2D eigenvalue weighted by Crippen LogP contribution is -2.39. The average Bonchev–Trinajstić information content (AvgIpc) is 2.74. The Labute approximate surface area is 90.1 Å². The van der Waals surface area contributed by atoms with E-state index in [1.807, 2.05) is 0 Å². The van der Waals surface area contributed by atoms with Crippen LogP contribution in [0.25, 0.3) is 0 Å². The molecule has 82 valence electrons. The van der Waals surface area contributed by atoms with Crippen LogP contribution in [0, 0.1) is 0 Å².